The van der Waals surface area contributed by atoms with Gasteiger partial charge in [-0.1, -0.05) is 18.2 Å². The van der Waals surface area contributed by atoms with E-state index in [1.165, 1.54) is 16.5 Å². The van der Waals surface area contributed by atoms with Crippen LogP contribution in [0.3, 0.4) is 0 Å². The van der Waals surface area contributed by atoms with Crippen molar-refractivity contribution in [1.82, 2.24) is 15.3 Å². The predicted octanol–water partition coefficient (Wildman–Crippen LogP) is 2.96. The number of thiazole rings is 1. The van der Waals surface area contributed by atoms with Crippen molar-refractivity contribution in [2.24, 2.45) is 0 Å². The second-order valence-electron chi connectivity index (χ2n) is 4.21. The lowest BCUT2D eigenvalue weighted by atomic mass is 10.1. The Morgan fingerprint density at radius 1 is 1.28 bits per heavy atom. The molecule has 0 amide bonds. The van der Waals surface area contributed by atoms with Crippen LogP contribution in [0.15, 0.2) is 42.0 Å². The summed E-state index contributed by atoms with van der Waals surface area (Å²) in [6.07, 6.45) is 4.99. The Morgan fingerprint density at radius 3 is 3.11 bits per heavy atom. The van der Waals surface area contributed by atoms with E-state index in [2.05, 4.69) is 45.7 Å². The van der Waals surface area contributed by atoms with Crippen molar-refractivity contribution in [2.75, 3.05) is 6.54 Å². The molecule has 0 aliphatic rings. The van der Waals surface area contributed by atoms with E-state index >= 15 is 0 Å². The third-order valence-electron chi connectivity index (χ3n) is 3.01. The molecule has 2 aromatic heterocycles. The van der Waals surface area contributed by atoms with Crippen LogP contribution in [0, 0.1) is 0 Å². The number of rotatable bonds is 5. The van der Waals surface area contributed by atoms with Gasteiger partial charge in [-0.2, -0.15) is 0 Å². The molecular formula is C14H15N3S. The summed E-state index contributed by atoms with van der Waals surface area (Å²) in [7, 11) is 0. The first kappa shape index (κ1) is 11.4. The zero-order valence-electron chi connectivity index (χ0n) is 10.0. The maximum absolute atomic E-state index is 4.25. The molecule has 0 radical (unpaired) electrons. The fourth-order valence-electron chi connectivity index (χ4n) is 2.10. The van der Waals surface area contributed by atoms with Crippen molar-refractivity contribution in [3.8, 4) is 0 Å². The van der Waals surface area contributed by atoms with Crippen molar-refractivity contribution in [3.63, 3.8) is 0 Å². The fraction of sp³-hybridized carbons (Fsp3) is 0.214. The molecule has 0 bridgehead atoms. The average molecular weight is 257 g/mol. The fourth-order valence-corrected chi connectivity index (χ4v) is 2.68. The van der Waals surface area contributed by atoms with E-state index in [9.17, 15) is 0 Å². The van der Waals surface area contributed by atoms with Crippen LogP contribution in [0.4, 0.5) is 0 Å². The smallest absolute Gasteiger partial charge is 0.106 e. The molecule has 18 heavy (non-hydrogen) atoms. The molecule has 2 N–H and O–H groups in total. The summed E-state index contributed by atoms with van der Waals surface area (Å²) in [4.78, 5) is 7.56. The maximum Gasteiger partial charge on any atom is 0.106 e. The molecule has 3 nitrogen and oxygen atoms in total. The first-order chi connectivity index (χ1) is 8.93. The molecule has 0 unspecified atom stereocenters. The second-order valence-corrected chi connectivity index (χ2v) is 5.19. The molecule has 3 aromatic rings. The van der Waals surface area contributed by atoms with Gasteiger partial charge in [0.05, 0.1) is 0 Å². The van der Waals surface area contributed by atoms with Gasteiger partial charge in [0.2, 0.25) is 0 Å². The summed E-state index contributed by atoms with van der Waals surface area (Å²) in [6.45, 7) is 1.83. The van der Waals surface area contributed by atoms with Gasteiger partial charge in [-0.05, 0) is 24.6 Å². The summed E-state index contributed by atoms with van der Waals surface area (Å²) < 4.78 is 0. The zero-order chi connectivity index (χ0) is 12.2. The number of benzene rings is 1. The van der Waals surface area contributed by atoms with Crippen molar-refractivity contribution in [1.29, 1.82) is 0 Å². The van der Waals surface area contributed by atoms with E-state index in [0.717, 1.165) is 24.5 Å². The van der Waals surface area contributed by atoms with Gasteiger partial charge in [0.1, 0.15) is 5.01 Å². The lowest BCUT2D eigenvalue weighted by Gasteiger charge is -2.01. The number of hydrogen-bond acceptors (Lipinski definition) is 3. The van der Waals surface area contributed by atoms with Gasteiger partial charge in [-0.15, -0.1) is 11.3 Å². The van der Waals surface area contributed by atoms with Gasteiger partial charge < -0.3 is 10.3 Å². The SMILES string of the molecule is c1ccc2c(CCNCc3nccs3)c[nH]c2c1. The quantitative estimate of drug-likeness (QED) is 0.690. The molecule has 0 saturated carbocycles. The molecule has 0 atom stereocenters. The largest absolute Gasteiger partial charge is 0.361 e. The number of aromatic nitrogens is 2. The molecule has 0 spiro atoms. The summed E-state index contributed by atoms with van der Waals surface area (Å²) in [5, 5.41) is 7.91. The Bertz CT molecular complexity index is 613. The van der Waals surface area contributed by atoms with Crippen LogP contribution in [0.5, 0.6) is 0 Å². The highest BCUT2D eigenvalue weighted by molar-refractivity contribution is 7.09. The second kappa shape index (κ2) is 5.33. The van der Waals surface area contributed by atoms with Gasteiger partial charge in [0.25, 0.3) is 0 Å². The monoisotopic (exact) mass is 257 g/mol. The number of fused-ring (bicyclic) bond motifs is 1. The molecule has 0 aliphatic carbocycles. The molecule has 0 aliphatic heterocycles. The van der Waals surface area contributed by atoms with Crippen molar-refractivity contribution < 1.29 is 0 Å². The Hall–Kier alpha value is -1.65. The van der Waals surface area contributed by atoms with E-state index in [1.807, 2.05) is 11.6 Å². The highest BCUT2D eigenvalue weighted by Gasteiger charge is 2.02. The molecule has 4 heteroatoms. The number of H-pyrrole nitrogens is 1. The van der Waals surface area contributed by atoms with E-state index in [0.29, 0.717) is 0 Å². The van der Waals surface area contributed by atoms with Gasteiger partial charge in [0, 0.05) is 35.2 Å². The van der Waals surface area contributed by atoms with E-state index in [1.54, 1.807) is 11.3 Å². The first-order valence-corrected chi connectivity index (χ1v) is 6.95. The minimum absolute atomic E-state index is 0.861. The predicted molar refractivity (Wildman–Crippen MR) is 75.8 cm³/mol. The summed E-state index contributed by atoms with van der Waals surface area (Å²) in [5.74, 6) is 0. The molecule has 92 valence electrons. The standard InChI is InChI=1S/C14H15N3S/c1-2-4-13-12(3-1)11(9-17-13)5-6-15-10-14-16-7-8-18-14/h1-4,7-9,15,17H,5-6,10H2. The summed E-state index contributed by atoms with van der Waals surface area (Å²) in [6, 6.07) is 8.43. The molecule has 0 fully saturated rings. The molecule has 2 heterocycles. The van der Waals surface area contributed by atoms with Gasteiger partial charge >= 0.3 is 0 Å². The molecule has 0 saturated heterocycles. The Kier molecular flexibility index (Phi) is 3.39. The lowest BCUT2D eigenvalue weighted by Crippen LogP contribution is -2.16. The minimum atomic E-state index is 0.861. The molecule has 1 aromatic carbocycles. The third-order valence-corrected chi connectivity index (χ3v) is 3.79. The lowest BCUT2D eigenvalue weighted by molar-refractivity contribution is 0.685. The van der Waals surface area contributed by atoms with Crippen LogP contribution < -0.4 is 5.32 Å². The van der Waals surface area contributed by atoms with E-state index in [-0.39, 0.29) is 0 Å². The highest BCUT2D eigenvalue weighted by atomic mass is 32.1. The zero-order valence-corrected chi connectivity index (χ0v) is 10.8. The minimum Gasteiger partial charge on any atom is -0.361 e. The number of para-hydroxylation sites is 1. The van der Waals surface area contributed by atoms with Crippen molar-refractivity contribution in [3.05, 3.63) is 52.6 Å². The normalized spacial score (nSPS) is 11.1. The van der Waals surface area contributed by atoms with Crippen molar-refractivity contribution in [2.45, 2.75) is 13.0 Å². The van der Waals surface area contributed by atoms with Gasteiger partial charge in [0.15, 0.2) is 0 Å². The van der Waals surface area contributed by atoms with E-state index < -0.39 is 0 Å². The summed E-state index contributed by atoms with van der Waals surface area (Å²) >= 11 is 1.69. The number of nitrogens with one attached hydrogen (secondary N) is 2. The van der Waals surface area contributed by atoms with Crippen LogP contribution in [0.1, 0.15) is 10.6 Å². The van der Waals surface area contributed by atoms with Crippen LogP contribution in [-0.2, 0) is 13.0 Å². The number of aromatic amines is 1. The van der Waals surface area contributed by atoms with Gasteiger partial charge in [-0.25, -0.2) is 4.98 Å². The van der Waals surface area contributed by atoms with Crippen LogP contribution in [-0.4, -0.2) is 16.5 Å². The Morgan fingerprint density at radius 2 is 2.22 bits per heavy atom. The van der Waals surface area contributed by atoms with Crippen LogP contribution in [0.2, 0.25) is 0 Å². The molecule has 3 rings (SSSR count). The van der Waals surface area contributed by atoms with Crippen LogP contribution >= 0.6 is 11.3 Å². The summed E-state index contributed by atoms with van der Waals surface area (Å²) in [5.41, 5.74) is 2.59. The van der Waals surface area contributed by atoms with Gasteiger partial charge in [-0.3, -0.25) is 0 Å². The highest BCUT2D eigenvalue weighted by Crippen LogP contribution is 2.17. The average Bonchev–Trinajstić information content (AvgIpc) is 3.04. The maximum atomic E-state index is 4.25. The first-order valence-electron chi connectivity index (χ1n) is 6.07. The van der Waals surface area contributed by atoms with Crippen LogP contribution in [0.25, 0.3) is 10.9 Å². The number of hydrogen-bond donors (Lipinski definition) is 2. The van der Waals surface area contributed by atoms with E-state index in [4.69, 9.17) is 0 Å². The topological polar surface area (TPSA) is 40.7 Å². The number of nitrogens with zero attached hydrogens (tertiary/aromatic N) is 1. The third kappa shape index (κ3) is 2.44. The Labute approximate surface area is 110 Å². The Balaban J connectivity index is 1.57. The van der Waals surface area contributed by atoms with Crippen molar-refractivity contribution >= 4 is 22.2 Å². The molecular weight excluding hydrogens is 242 g/mol.